The van der Waals surface area contributed by atoms with Crippen LogP contribution < -0.4 is 11.2 Å². The van der Waals surface area contributed by atoms with Gasteiger partial charge in [-0.15, -0.1) is 0 Å². The van der Waals surface area contributed by atoms with Crippen molar-refractivity contribution >= 4 is 22.8 Å². The first-order valence-corrected chi connectivity index (χ1v) is 8.23. The second-order valence-corrected chi connectivity index (χ2v) is 6.12. The Kier molecular flexibility index (Phi) is 4.69. The zero-order valence-electron chi connectivity index (χ0n) is 13.6. The molecule has 2 aromatic rings. The number of carboxylic acids is 1. The van der Waals surface area contributed by atoms with Crippen molar-refractivity contribution in [3.05, 3.63) is 45.1 Å². The van der Waals surface area contributed by atoms with Crippen molar-refractivity contribution in [1.82, 2.24) is 14.5 Å². The number of para-hydroxylation sites is 1. The standard InChI is InChI=1S/C17H19N3O5/c21-14(19-9-4-3-7-13(19)16(23)24)8-10-20-12-6-2-1-5-11(12)15(22)18-17(20)25/h1-2,5-6,13H,3-4,7-10H2,(H,23,24)(H,18,22,25). The van der Waals surface area contributed by atoms with E-state index in [4.69, 9.17) is 0 Å². The van der Waals surface area contributed by atoms with Gasteiger partial charge in [0.25, 0.3) is 5.56 Å². The molecule has 1 saturated heterocycles. The molecule has 1 aromatic heterocycles. The number of rotatable bonds is 4. The van der Waals surface area contributed by atoms with E-state index in [2.05, 4.69) is 4.98 Å². The van der Waals surface area contributed by atoms with Crippen LogP contribution in [-0.4, -0.2) is 44.0 Å². The molecule has 25 heavy (non-hydrogen) atoms. The highest BCUT2D eigenvalue weighted by Crippen LogP contribution is 2.18. The maximum Gasteiger partial charge on any atom is 0.328 e. The zero-order chi connectivity index (χ0) is 18.0. The topological polar surface area (TPSA) is 112 Å². The first-order valence-electron chi connectivity index (χ1n) is 8.23. The van der Waals surface area contributed by atoms with Crippen molar-refractivity contribution in [3.63, 3.8) is 0 Å². The minimum atomic E-state index is -1.00. The number of hydrogen-bond donors (Lipinski definition) is 2. The average Bonchev–Trinajstić information content (AvgIpc) is 2.61. The van der Waals surface area contributed by atoms with E-state index in [9.17, 15) is 24.3 Å². The number of aliphatic carboxylic acids is 1. The Morgan fingerprint density at radius 3 is 2.72 bits per heavy atom. The predicted molar refractivity (Wildman–Crippen MR) is 90.4 cm³/mol. The molecule has 3 rings (SSSR count). The summed E-state index contributed by atoms with van der Waals surface area (Å²) in [5.41, 5.74) is -0.590. The van der Waals surface area contributed by atoms with Gasteiger partial charge in [-0.25, -0.2) is 9.59 Å². The predicted octanol–water partition coefficient (Wildman–Crippen LogP) is 0.546. The van der Waals surface area contributed by atoms with Crippen molar-refractivity contribution in [2.24, 2.45) is 0 Å². The largest absolute Gasteiger partial charge is 0.480 e. The second kappa shape index (κ2) is 6.92. The summed E-state index contributed by atoms with van der Waals surface area (Å²) in [5, 5.41) is 9.64. The van der Waals surface area contributed by atoms with Crippen LogP contribution in [0, 0.1) is 0 Å². The lowest BCUT2D eigenvalue weighted by Crippen LogP contribution is -2.48. The first-order chi connectivity index (χ1) is 12.0. The van der Waals surface area contributed by atoms with Gasteiger partial charge in [-0.2, -0.15) is 0 Å². The van der Waals surface area contributed by atoms with Gasteiger partial charge in [0, 0.05) is 19.5 Å². The average molecular weight is 345 g/mol. The third-order valence-corrected chi connectivity index (χ3v) is 4.56. The molecule has 1 fully saturated rings. The van der Waals surface area contributed by atoms with Crippen LogP contribution in [0.25, 0.3) is 10.9 Å². The van der Waals surface area contributed by atoms with E-state index in [0.717, 1.165) is 12.8 Å². The van der Waals surface area contributed by atoms with Crippen LogP contribution in [-0.2, 0) is 16.1 Å². The Morgan fingerprint density at radius 1 is 1.20 bits per heavy atom. The minimum Gasteiger partial charge on any atom is -0.480 e. The molecule has 0 radical (unpaired) electrons. The molecule has 1 aliphatic heterocycles. The number of benzene rings is 1. The number of aromatic nitrogens is 2. The van der Waals surface area contributed by atoms with Crippen molar-refractivity contribution < 1.29 is 14.7 Å². The summed E-state index contributed by atoms with van der Waals surface area (Å²) >= 11 is 0. The number of likely N-dealkylation sites (tertiary alicyclic amines) is 1. The molecular formula is C17H19N3O5. The Hall–Kier alpha value is -2.90. The van der Waals surface area contributed by atoms with Crippen LogP contribution in [0.1, 0.15) is 25.7 Å². The highest BCUT2D eigenvalue weighted by molar-refractivity contribution is 5.84. The number of aromatic amines is 1. The maximum absolute atomic E-state index is 12.5. The van der Waals surface area contributed by atoms with Gasteiger partial charge < -0.3 is 10.0 Å². The van der Waals surface area contributed by atoms with Crippen LogP contribution in [0.15, 0.2) is 33.9 Å². The molecule has 1 amide bonds. The minimum absolute atomic E-state index is 0.000273. The summed E-state index contributed by atoms with van der Waals surface area (Å²) in [5.74, 6) is -1.30. The van der Waals surface area contributed by atoms with Crippen molar-refractivity contribution in [1.29, 1.82) is 0 Å². The number of carboxylic acid groups (broad SMARTS) is 1. The number of H-pyrrole nitrogens is 1. The normalized spacial score (nSPS) is 17.6. The fourth-order valence-electron chi connectivity index (χ4n) is 3.30. The van der Waals surface area contributed by atoms with Crippen LogP contribution in [0.2, 0.25) is 0 Å². The Morgan fingerprint density at radius 2 is 1.96 bits per heavy atom. The molecule has 0 spiro atoms. The summed E-state index contributed by atoms with van der Waals surface area (Å²) in [7, 11) is 0. The molecule has 1 aliphatic rings. The lowest BCUT2D eigenvalue weighted by atomic mass is 10.0. The molecule has 132 valence electrons. The Bertz CT molecular complexity index is 930. The van der Waals surface area contributed by atoms with Gasteiger partial charge in [0.1, 0.15) is 6.04 Å². The van der Waals surface area contributed by atoms with Gasteiger partial charge in [-0.05, 0) is 31.4 Å². The molecule has 1 unspecified atom stereocenters. The third kappa shape index (κ3) is 3.33. The highest BCUT2D eigenvalue weighted by atomic mass is 16.4. The molecule has 0 aliphatic carbocycles. The molecule has 2 N–H and O–H groups in total. The van der Waals surface area contributed by atoms with Crippen molar-refractivity contribution in [2.75, 3.05) is 6.54 Å². The summed E-state index contributed by atoms with van der Waals surface area (Å²) in [6, 6.07) is 5.87. The molecule has 0 saturated carbocycles. The number of amides is 1. The molecule has 1 aromatic carbocycles. The number of carbonyl (C=O) groups is 2. The summed E-state index contributed by atoms with van der Waals surface area (Å²) < 4.78 is 1.34. The van der Waals surface area contributed by atoms with Gasteiger partial charge >= 0.3 is 11.7 Å². The zero-order valence-corrected chi connectivity index (χ0v) is 13.6. The van der Waals surface area contributed by atoms with Gasteiger partial charge in [-0.1, -0.05) is 12.1 Å². The fourth-order valence-corrected chi connectivity index (χ4v) is 3.30. The van der Waals surface area contributed by atoms with Crippen LogP contribution in [0.5, 0.6) is 0 Å². The first kappa shape index (κ1) is 16.9. The smallest absolute Gasteiger partial charge is 0.328 e. The molecular weight excluding hydrogens is 326 g/mol. The van der Waals surface area contributed by atoms with Gasteiger partial charge in [-0.3, -0.25) is 19.1 Å². The van der Waals surface area contributed by atoms with E-state index in [1.165, 1.54) is 9.47 Å². The summed E-state index contributed by atoms with van der Waals surface area (Å²) in [4.78, 5) is 51.4. The van der Waals surface area contributed by atoms with E-state index in [0.29, 0.717) is 23.9 Å². The SMILES string of the molecule is O=C(O)C1CCCCN1C(=O)CCn1c(=O)[nH]c(=O)c2ccccc21. The number of hydrogen-bond acceptors (Lipinski definition) is 4. The Labute approximate surface area is 142 Å². The molecule has 0 bridgehead atoms. The lowest BCUT2D eigenvalue weighted by molar-refractivity contribution is -0.152. The molecule has 8 heteroatoms. The maximum atomic E-state index is 12.5. The number of nitrogens with one attached hydrogen (secondary N) is 1. The summed E-state index contributed by atoms with van der Waals surface area (Å²) in [6.45, 7) is 0.495. The molecule has 8 nitrogen and oxygen atoms in total. The van der Waals surface area contributed by atoms with Gasteiger partial charge in [0.15, 0.2) is 0 Å². The molecule has 1 atom stereocenters. The van der Waals surface area contributed by atoms with E-state index in [-0.39, 0.29) is 18.9 Å². The van der Waals surface area contributed by atoms with Gasteiger partial charge in [0.2, 0.25) is 5.91 Å². The molecule has 2 heterocycles. The monoisotopic (exact) mass is 345 g/mol. The number of fused-ring (bicyclic) bond motifs is 1. The number of carbonyl (C=O) groups excluding carboxylic acids is 1. The van der Waals surface area contributed by atoms with E-state index >= 15 is 0 Å². The fraction of sp³-hybridized carbons (Fsp3) is 0.412. The van der Waals surface area contributed by atoms with Crippen molar-refractivity contribution in [2.45, 2.75) is 38.3 Å². The van der Waals surface area contributed by atoms with Crippen LogP contribution in [0.3, 0.4) is 0 Å². The van der Waals surface area contributed by atoms with Crippen molar-refractivity contribution in [3.8, 4) is 0 Å². The van der Waals surface area contributed by atoms with Crippen LogP contribution in [0.4, 0.5) is 0 Å². The number of nitrogens with zero attached hydrogens (tertiary/aromatic N) is 2. The quantitative estimate of drug-likeness (QED) is 0.840. The second-order valence-electron chi connectivity index (χ2n) is 6.12. The van der Waals surface area contributed by atoms with Gasteiger partial charge in [0.05, 0.1) is 10.9 Å². The number of piperidine rings is 1. The van der Waals surface area contributed by atoms with E-state index in [1.54, 1.807) is 24.3 Å². The van der Waals surface area contributed by atoms with Crippen LogP contribution >= 0.6 is 0 Å². The summed E-state index contributed by atoms with van der Waals surface area (Å²) in [6.07, 6.45) is 2.00. The van der Waals surface area contributed by atoms with E-state index < -0.39 is 23.3 Å². The highest BCUT2D eigenvalue weighted by Gasteiger charge is 2.31. The Balaban J connectivity index is 1.83. The third-order valence-electron chi connectivity index (χ3n) is 4.56. The number of aryl methyl sites for hydroxylation is 1. The lowest BCUT2D eigenvalue weighted by Gasteiger charge is -2.33. The van der Waals surface area contributed by atoms with E-state index in [1.807, 2.05) is 0 Å².